The van der Waals surface area contributed by atoms with Crippen molar-refractivity contribution in [3.63, 3.8) is 0 Å². The first-order valence-electron chi connectivity index (χ1n) is 5.52. The molecule has 0 aromatic heterocycles. The lowest BCUT2D eigenvalue weighted by Crippen LogP contribution is -2.60. The zero-order valence-corrected chi connectivity index (χ0v) is 9.32. The van der Waals surface area contributed by atoms with E-state index >= 15 is 0 Å². The standard InChI is InChI=1S/C11H20N2O/c1-4-11(14)10-7-12-5-6-13(10)9(3)8(12)2/h10-11,14H,4-7H2,1-3H3. The zero-order valence-electron chi connectivity index (χ0n) is 9.32. The van der Waals surface area contributed by atoms with Crippen LogP contribution in [0.25, 0.3) is 0 Å². The molecule has 3 nitrogen and oxygen atoms in total. The first-order chi connectivity index (χ1) is 6.65. The van der Waals surface area contributed by atoms with E-state index in [4.69, 9.17) is 0 Å². The molecule has 3 rings (SSSR count). The maximum Gasteiger partial charge on any atom is 0.0757 e. The number of aliphatic hydroxyl groups is 1. The highest BCUT2D eigenvalue weighted by Crippen LogP contribution is 2.30. The van der Waals surface area contributed by atoms with E-state index in [0.717, 1.165) is 26.1 Å². The van der Waals surface area contributed by atoms with Crippen LogP contribution >= 0.6 is 0 Å². The van der Waals surface area contributed by atoms with Crippen LogP contribution < -0.4 is 0 Å². The zero-order chi connectivity index (χ0) is 10.3. The predicted molar refractivity (Wildman–Crippen MR) is 56.7 cm³/mol. The third-order valence-electron chi connectivity index (χ3n) is 3.71. The second kappa shape index (κ2) is 3.46. The van der Waals surface area contributed by atoms with Crippen LogP contribution in [-0.4, -0.2) is 46.7 Å². The van der Waals surface area contributed by atoms with Crippen molar-refractivity contribution in [1.82, 2.24) is 9.80 Å². The third-order valence-corrected chi connectivity index (χ3v) is 3.71. The highest BCUT2D eigenvalue weighted by Gasteiger charge is 2.36. The summed E-state index contributed by atoms with van der Waals surface area (Å²) in [7, 11) is 0. The van der Waals surface area contributed by atoms with E-state index in [0.29, 0.717) is 6.04 Å². The number of hydrogen-bond donors (Lipinski definition) is 1. The fourth-order valence-electron chi connectivity index (χ4n) is 2.57. The van der Waals surface area contributed by atoms with Crippen molar-refractivity contribution in [1.29, 1.82) is 0 Å². The average Bonchev–Trinajstić information content (AvgIpc) is 2.23. The highest BCUT2D eigenvalue weighted by atomic mass is 16.3. The van der Waals surface area contributed by atoms with Gasteiger partial charge in [-0.2, -0.15) is 0 Å². The molecule has 1 saturated heterocycles. The molecule has 3 heterocycles. The van der Waals surface area contributed by atoms with Crippen molar-refractivity contribution in [3.05, 3.63) is 11.4 Å². The maximum atomic E-state index is 9.92. The van der Waals surface area contributed by atoms with E-state index in [1.165, 1.54) is 11.4 Å². The van der Waals surface area contributed by atoms with Gasteiger partial charge in [-0.15, -0.1) is 0 Å². The number of piperazine rings is 1. The number of allylic oxidation sites excluding steroid dienone is 2. The summed E-state index contributed by atoms with van der Waals surface area (Å²) < 4.78 is 0. The van der Waals surface area contributed by atoms with Gasteiger partial charge in [-0.25, -0.2) is 0 Å². The smallest absolute Gasteiger partial charge is 0.0757 e. The molecule has 3 aliphatic heterocycles. The minimum atomic E-state index is -0.180. The summed E-state index contributed by atoms with van der Waals surface area (Å²) in [6.07, 6.45) is 0.669. The summed E-state index contributed by atoms with van der Waals surface area (Å²) in [4.78, 5) is 4.78. The summed E-state index contributed by atoms with van der Waals surface area (Å²) in [6.45, 7) is 9.58. The Morgan fingerprint density at radius 2 is 2.07 bits per heavy atom. The van der Waals surface area contributed by atoms with Crippen LogP contribution in [0.5, 0.6) is 0 Å². The summed E-state index contributed by atoms with van der Waals surface area (Å²) in [5.41, 5.74) is 2.73. The van der Waals surface area contributed by atoms with Crippen molar-refractivity contribution in [2.75, 3.05) is 19.6 Å². The Kier molecular flexibility index (Phi) is 2.43. The maximum absolute atomic E-state index is 9.92. The topological polar surface area (TPSA) is 26.7 Å². The minimum Gasteiger partial charge on any atom is -0.391 e. The molecular weight excluding hydrogens is 176 g/mol. The number of hydrogen-bond acceptors (Lipinski definition) is 3. The molecule has 3 heteroatoms. The van der Waals surface area contributed by atoms with Crippen molar-refractivity contribution in [2.45, 2.75) is 39.3 Å². The van der Waals surface area contributed by atoms with Crippen LogP contribution in [0, 0.1) is 0 Å². The molecule has 80 valence electrons. The van der Waals surface area contributed by atoms with E-state index in [9.17, 15) is 5.11 Å². The van der Waals surface area contributed by atoms with Gasteiger partial charge < -0.3 is 14.9 Å². The average molecular weight is 196 g/mol. The number of aliphatic hydroxyl groups excluding tert-OH is 1. The summed E-state index contributed by atoms with van der Waals surface area (Å²) >= 11 is 0. The molecular formula is C11H20N2O. The number of nitrogens with zero attached hydrogens (tertiary/aromatic N) is 2. The van der Waals surface area contributed by atoms with E-state index < -0.39 is 0 Å². The molecule has 2 bridgehead atoms. The first-order valence-corrected chi connectivity index (χ1v) is 5.52. The van der Waals surface area contributed by atoms with Gasteiger partial charge in [0.2, 0.25) is 0 Å². The normalized spacial score (nSPS) is 28.7. The molecule has 0 amide bonds. The molecule has 2 unspecified atom stereocenters. The highest BCUT2D eigenvalue weighted by molar-refractivity contribution is 5.18. The summed E-state index contributed by atoms with van der Waals surface area (Å²) in [6, 6.07) is 0.317. The second-order valence-corrected chi connectivity index (χ2v) is 4.35. The molecule has 0 aliphatic carbocycles. The van der Waals surface area contributed by atoms with Crippen molar-refractivity contribution >= 4 is 0 Å². The largest absolute Gasteiger partial charge is 0.391 e. The Balaban J connectivity index is 2.21. The Morgan fingerprint density at radius 3 is 2.64 bits per heavy atom. The van der Waals surface area contributed by atoms with Crippen LogP contribution in [0.15, 0.2) is 11.4 Å². The van der Waals surface area contributed by atoms with E-state index in [1.54, 1.807) is 0 Å². The van der Waals surface area contributed by atoms with Gasteiger partial charge in [0.15, 0.2) is 0 Å². The molecule has 0 aromatic rings. The van der Waals surface area contributed by atoms with E-state index in [2.05, 4.69) is 30.6 Å². The SMILES string of the molecule is CCC(O)C1CN2CCN1C(C)=C2C. The van der Waals surface area contributed by atoms with Gasteiger partial charge in [-0.3, -0.25) is 0 Å². The lowest BCUT2D eigenvalue weighted by molar-refractivity contribution is -0.000154. The molecule has 0 aromatic carbocycles. The molecule has 0 radical (unpaired) electrons. The van der Waals surface area contributed by atoms with Gasteiger partial charge in [-0.1, -0.05) is 6.92 Å². The molecule has 1 N–H and O–H groups in total. The molecule has 1 fully saturated rings. The van der Waals surface area contributed by atoms with Gasteiger partial charge in [0.05, 0.1) is 12.1 Å². The van der Waals surface area contributed by atoms with E-state index in [-0.39, 0.29) is 6.10 Å². The summed E-state index contributed by atoms with van der Waals surface area (Å²) in [5.74, 6) is 0. The summed E-state index contributed by atoms with van der Waals surface area (Å²) in [5, 5.41) is 9.92. The van der Waals surface area contributed by atoms with Crippen LogP contribution in [-0.2, 0) is 0 Å². The number of fused-ring (bicyclic) bond motifs is 2. The molecule has 14 heavy (non-hydrogen) atoms. The monoisotopic (exact) mass is 196 g/mol. The van der Waals surface area contributed by atoms with Crippen molar-refractivity contribution < 1.29 is 5.11 Å². The van der Waals surface area contributed by atoms with Crippen LogP contribution in [0.4, 0.5) is 0 Å². The Hall–Kier alpha value is -0.700. The van der Waals surface area contributed by atoms with Crippen molar-refractivity contribution in [3.8, 4) is 0 Å². The van der Waals surface area contributed by atoms with Gasteiger partial charge >= 0.3 is 0 Å². The fraction of sp³-hybridized carbons (Fsp3) is 0.818. The molecule has 2 atom stereocenters. The predicted octanol–water partition coefficient (Wildman–Crippen LogP) is 1.01. The Bertz CT molecular complexity index is 262. The van der Waals surface area contributed by atoms with Gasteiger partial charge in [0, 0.05) is 31.0 Å². The Labute approximate surface area is 86.0 Å². The van der Waals surface area contributed by atoms with E-state index in [1.807, 2.05) is 0 Å². The molecule has 3 aliphatic rings. The van der Waals surface area contributed by atoms with Crippen LogP contribution in [0.3, 0.4) is 0 Å². The molecule has 0 spiro atoms. The van der Waals surface area contributed by atoms with Crippen LogP contribution in [0.2, 0.25) is 0 Å². The minimum absolute atomic E-state index is 0.180. The van der Waals surface area contributed by atoms with Gasteiger partial charge in [-0.05, 0) is 20.3 Å². The lowest BCUT2D eigenvalue weighted by atomic mass is 9.98. The first kappa shape index (κ1) is 9.84. The quantitative estimate of drug-likeness (QED) is 0.714. The lowest BCUT2D eigenvalue weighted by Gasteiger charge is -2.51. The number of rotatable bonds is 2. The van der Waals surface area contributed by atoms with Gasteiger partial charge in [0.25, 0.3) is 0 Å². The second-order valence-electron chi connectivity index (χ2n) is 4.35. The molecule has 0 saturated carbocycles. The van der Waals surface area contributed by atoms with Crippen molar-refractivity contribution in [2.24, 2.45) is 0 Å². The Morgan fingerprint density at radius 1 is 1.36 bits per heavy atom. The van der Waals surface area contributed by atoms with Gasteiger partial charge in [0.1, 0.15) is 0 Å². The fourth-order valence-corrected chi connectivity index (χ4v) is 2.57. The third kappa shape index (κ3) is 1.31. The van der Waals surface area contributed by atoms with Crippen LogP contribution in [0.1, 0.15) is 27.2 Å².